The number of rotatable bonds is 1. The molecule has 0 saturated heterocycles. The van der Waals surface area contributed by atoms with Crippen LogP contribution in [-0.4, -0.2) is 0 Å². The van der Waals surface area contributed by atoms with Crippen molar-refractivity contribution in [2.45, 2.75) is 6.92 Å². The summed E-state index contributed by atoms with van der Waals surface area (Å²) in [6.45, 7) is 1.76. The summed E-state index contributed by atoms with van der Waals surface area (Å²) in [5.74, 6) is -0.198. The molecule has 0 bridgehead atoms. The molecule has 2 aromatic carbocycles. The number of hydrogen-bond donors (Lipinski definition) is 1. The Kier molecular flexibility index (Phi) is 2.42. The van der Waals surface area contributed by atoms with E-state index in [2.05, 4.69) is 0 Å². The molecule has 2 aromatic rings. The van der Waals surface area contributed by atoms with Crippen LogP contribution in [0.2, 0.25) is 0 Å². The molecule has 0 aliphatic heterocycles. The Labute approximate surface area is 88.4 Å². The quantitative estimate of drug-likeness (QED) is 0.703. The van der Waals surface area contributed by atoms with Gasteiger partial charge in [-0.05, 0) is 30.2 Å². The summed E-state index contributed by atoms with van der Waals surface area (Å²) in [6, 6.07) is 12.5. The Morgan fingerprint density at radius 2 is 1.60 bits per heavy atom. The largest absolute Gasteiger partial charge is 0.398 e. The van der Waals surface area contributed by atoms with E-state index in [1.165, 1.54) is 6.07 Å². The van der Waals surface area contributed by atoms with Crippen molar-refractivity contribution in [3.05, 3.63) is 53.8 Å². The van der Waals surface area contributed by atoms with Crippen molar-refractivity contribution in [3.63, 3.8) is 0 Å². The van der Waals surface area contributed by atoms with Gasteiger partial charge in [0.25, 0.3) is 0 Å². The van der Waals surface area contributed by atoms with Gasteiger partial charge in [-0.25, -0.2) is 4.39 Å². The summed E-state index contributed by atoms with van der Waals surface area (Å²) in [4.78, 5) is 0. The molecule has 0 radical (unpaired) electrons. The van der Waals surface area contributed by atoms with E-state index in [0.29, 0.717) is 11.3 Å². The van der Waals surface area contributed by atoms with Crippen molar-refractivity contribution in [2.75, 3.05) is 5.73 Å². The Hall–Kier alpha value is -1.83. The number of para-hydroxylation sites is 1. The van der Waals surface area contributed by atoms with Crippen LogP contribution in [0.3, 0.4) is 0 Å². The molecule has 0 fully saturated rings. The van der Waals surface area contributed by atoms with Gasteiger partial charge in [0.15, 0.2) is 0 Å². The molecule has 0 aliphatic carbocycles. The van der Waals surface area contributed by atoms with Gasteiger partial charge in [0.05, 0.1) is 0 Å². The van der Waals surface area contributed by atoms with E-state index in [4.69, 9.17) is 5.73 Å². The van der Waals surface area contributed by atoms with Crippen molar-refractivity contribution in [1.29, 1.82) is 0 Å². The molecule has 0 amide bonds. The maximum absolute atomic E-state index is 13.4. The fourth-order valence-electron chi connectivity index (χ4n) is 1.64. The fourth-order valence-corrected chi connectivity index (χ4v) is 1.64. The zero-order valence-corrected chi connectivity index (χ0v) is 8.50. The molecule has 2 rings (SSSR count). The lowest BCUT2D eigenvalue weighted by Crippen LogP contribution is -1.92. The second-order valence-corrected chi connectivity index (χ2v) is 3.50. The van der Waals surface area contributed by atoms with Crippen LogP contribution < -0.4 is 5.73 Å². The van der Waals surface area contributed by atoms with Gasteiger partial charge in [-0.3, -0.25) is 0 Å². The molecular formula is C13H12FN. The predicted octanol–water partition coefficient (Wildman–Crippen LogP) is 3.38. The summed E-state index contributed by atoms with van der Waals surface area (Å²) in [6.07, 6.45) is 0. The third-order valence-corrected chi connectivity index (χ3v) is 2.52. The number of benzene rings is 2. The van der Waals surface area contributed by atoms with Crippen LogP contribution >= 0.6 is 0 Å². The first-order valence-electron chi connectivity index (χ1n) is 4.80. The van der Waals surface area contributed by atoms with Gasteiger partial charge in [0, 0.05) is 11.3 Å². The molecular weight excluding hydrogens is 189 g/mol. The number of hydrogen-bond acceptors (Lipinski definition) is 1. The Morgan fingerprint density at radius 1 is 0.933 bits per heavy atom. The molecule has 0 atom stereocenters. The lowest BCUT2D eigenvalue weighted by molar-refractivity contribution is 0.619. The number of halogens is 1. The Morgan fingerprint density at radius 3 is 2.33 bits per heavy atom. The molecule has 76 valence electrons. The zero-order chi connectivity index (χ0) is 10.8. The van der Waals surface area contributed by atoms with Crippen LogP contribution in [0.15, 0.2) is 42.5 Å². The first-order valence-corrected chi connectivity index (χ1v) is 4.80. The van der Waals surface area contributed by atoms with Crippen molar-refractivity contribution >= 4 is 5.69 Å². The molecule has 0 unspecified atom stereocenters. The van der Waals surface area contributed by atoms with E-state index < -0.39 is 0 Å². The Balaban J connectivity index is 2.65. The third kappa shape index (κ3) is 1.71. The maximum Gasteiger partial charge on any atom is 0.126 e. The first kappa shape index (κ1) is 9.71. The molecule has 0 saturated carbocycles. The second kappa shape index (κ2) is 3.73. The molecule has 0 heterocycles. The minimum absolute atomic E-state index is 0.198. The summed E-state index contributed by atoms with van der Waals surface area (Å²) in [7, 11) is 0. The smallest absolute Gasteiger partial charge is 0.126 e. The number of nitrogens with two attached hydrogens (primary N) is 1. The fraction of sp³-hybridized carbons (Fsp3) is 0.0769. The van der Waals surface area contributed by atoms with Crippen LogP contribution in [0.4, 0.5) is 10.1 Å². The van der Waals surface area contributed by atoms with E-state index in [9.17, 15) is 4.39 Å². The maximum atomic E-state index is 13.4. The van der Waals surface area contributed by atoms with Gasteiger partial charge in [-0.1, -0.05) is 30.3 Å². The average Bonchev–Trinajstić information content (AvgIpc) is 2.23. The van der Waals surface area contributed by atoms with Crippen molar-refractivity contribution in [3.8, 4) is 11.1 Å². The normalized spacial score (nSPS) is 10.3. The monoisotopic (exact) mass is 201 g/mol. The first-order chi connectivity index (χ1) is 7.20. The summed E-state index contributed by atoms with van der Waals surface area (Å²) in [5.41, 5.74) is 8.89. The van der Waals surface area contributed by atoms with Crippen molar-refractivity contribution < 1.29 is 4.39 Å². The molecule has 0 spiro atoms. The van der Waals surface area contributed by atoms with Gasteiger partial charge >= 0.3 is 0 Å². The minimum Gasteiger partial charge on any atom is -0.398 e. The highest BCUT2D eigenvalue weighted by molar-refractivity contribution is 5.78. The Bertz CT molecular complexity index is 492. The number of nitrogen functional groups attached to an aromatic ring is 1. The van der Waals surface area contributed by atoms with Crippen LogP contribution in [0.5, 0.6) is 0 Å². The third-order valence-electron chi connectivity index (χ3n) is 2.52. The van der Waals surface area contributed by atoms with E-state index in [-0.39, 0.29) is 5.82 Å². The summed E-state index contributed by atoms with van der Waals surface area (Å²) in [5, 5.41) is 0. The highest BCUT2D eigenvalue weighted by atomic mass is 19.1. The van der Waals surface area contributed by atoms with Gasteiger partial charge in [-0.15, -0.1) is 0 Å². The summed E-state index contributed by atoms with van der Waals surface area (Å²) >= 11 is 0. The topological polar surface area (TPSA) is 26.0 Å². The van der Waals surface area contributed by atoms with Crippen LogP contribution in [-0.2, 0) is 0 Å². The van der Waals surface area contributed by atoms with Crippen molar-refractivity contribution in [1.82, 2.24) is 0 Å². The lowest BCUT2D eigenvalue weighted by Gasteiger charge is -2.09. The van der Waals surface area contributed by atoms with Crippen LogP contribution in [0.25, 0.3) is 11.1 Å². The minimum atomic E-state index is -0.198. The van der Waals surface area contributed by atoms with Gasteiger partial charge in [0.2, 0.25) is 0 Å². The predicted molar refractivity (Wildman–Crippen MR) is 61.0 cm³/mol. The highest BCUT2D eigenvalue weighted by Crippen LogP contribution is 2.29. The molecule has 0 aromatic heterocycles. The zero-order valence-electron chi connectivity index (χ0n) is 8.50. The van der Waals surface area contributed by atoms with Gasteiger partial charge < -0.3 is 5.73 Å². The van der Waals surface area contributed by atoms with Crippen LogP contribution in [0, 0.1) is 12.7 Å². The number of anilines is 1. The van der Waals surface area contributed by atoms with E-state index in [0.717, 1.165) is 11.1 Å². The van der Waals surface area contributed by atoms with Gasteiger partial charge in [-0.2, -0.15) is 0 Å². The van der Waals surface area contributed by atoms with Crippen molar-refractivity contribution in [2.24, 2.45) is 0 Å². The molecule has 15 heavy (non-hydrogen) atoms. The SMILES string of the molecule is Cc1c(F)cccc1-c1ccccc1N. The van der Waals surface area contributed by atoms with Gasteiger partial charge in [0.1, 0.15) is 5.82 Å². The van der Waals surface area contributed by atoms with E-state index >= 15 is 0 Å². The molecule has 1 nitrogen and oxygen atoms in total. The standard InChI is InChI=1S/C13H12FN/c1-9-10(6-4-7-12(9)14)11-5-2-3-8-13(11)15/h2-8H,15H2,1H3. The van der Waals surface area contributed by atoms with Crippen LogP contribution in [0.1, 0.15) is 5.56 Å². The van der Waals surface area contributed by atoms with E-state index in [1.807, 2.05) is 30.3 Å². The van der Waals surface area contributed by atoms with E-state index in [1.54, 1.807) is 13.0 Å². The summed E-state index contributed by atoms with van der Waals surface area (Å²) < 4.78 is 13.4. The average molecular weight is 201 g/mol. The highest BCUT2D eigenvalue weighted by Gasteiger charge is 2.07. The molecule has 0 aliphatic rings. The second-order valence-electron chi connectivity index (χ2n) is 3.50. The lowest BCUT2D eigenvalue weighted by atomic mass is 9.99. The molecule has 2 heteroatoms. The molecule has 2 N–H and O–H groups in total.